The number of halogens is 3. The van der Waals surface area contributed by atoms with Gasteiger partial charge < -0.3 is 0 Å². The van der Waals surface area contributed by atoms with Crippen LogP contribution in [0.2, 0.25) is 0 Å². The van der Waals surface area contributed by atoms with Gasteiger partial charge in [0.15, 0.2) is 0 Å². The molecule has 0 radical (unpaired) electrons. The fraction of sp³-hybridized carbons (Fsp3) is 0.185. The molecule has 33 heavy (non-hydrogen) atoms. The molecule has 1 heterocycles. The van der Waals surface area contributed by atoms with Crippen LogP contribution in [0.3, 0.4) is 0 Å². The van der Waals surface area contributed by atoms with Crippen LogP contribution < -0.4 is 0 Å². The van der Waals surface area contributed by atoms with E-state index in [2.05, 4.69) is 90.3 Å². The molecule has 0 unspecified atom stereocenters. The summed E-state index contributed by atoms with van der Waals surface area (Å²) >= 11 is 10.5. The average molecular weight is 629 g/mol. The second-order valence-corrected chi connectivity index (χ2v) is 11.1. The van der Waals surface area contributed by atoms with Crippen LogP contribution >= 0.6 is 47.8 Å². The second-order valence-electron chi connectivity index (χ2n) is 8.36. The van der Waals surface area contributed by atoms with Crippen molar-refractivity contribution in [3.05, 3.63) is 108 Å². The van der Waals surface area contributed by atoms with E-state index in [1.54, 1.807) is 5.01 Å². The molecule has 1 saturated carbocycles. The van der Waals surface area contributed by atoms with Crippen LogP contribution in [-0.2, 0) is 0 Å². The van der Waals surface area contributed by atoms with Crippen molar-refractivity contribution in [1.82, 2.24) is 5.01 Å². The zero-order valence-electron chi connectivity index (χ0n) is 17.7. The standard InChI is InChI=1S/C27H21Br3N2O/c28-21-11-7-17(8-12-21)15-19-3-2-6-24-25(19)31-32(26(24)18-9-13-22(29)14-10-18)27(33)20-4-1-5-23(30)16-20/h1,4-5,7-16,24,26H,2-3,6H2/b19-15+/t24-,26+/m1/s1. The molecule has 0 bridgehead atoms. The first-order chi connectivity index (χ1) is 16.0. The molecule has 1 amide bonds. The molecule has 1 aliphatic heterocycles. The summed E-state index contributed by atoms with van der Waals surface area (Å²) in [7, 11) is 0. The van der Waals surface area contributed by atoms with Crippen LogP contribution in [0.25, 0.3) is 6.08 Å². The van der Waals surface area contributed by atoms with Gasteiger partial charge in [0, 0.05) is 24.9 Å². The lowest BCUT2D eigenvalue weighted by atomic mass is 9.77. The van der Waals surface area contributed by atoms with E-state index in [1.165, 1.54) is 5.57 Å². The van der Waals surface area contributed by atoms with Gasteiger partial charge in [-0.2, -0.15) is 5.10 Å². The summed E-state index contributed by atoms with van der Waals surface area (Å²) in [6.07, 6.45) is 5.29. The first-order valence-corrected chi connectivity index (χ1v) is 13.3. The average Bonchev–Trinajstić information content (AvgIpc) is 3.21. The van der Waals surface area contributed by atoms with E-state index >= 15 is 0 Å². The largest absolute Gasteiger partial charge is 0.274 e. The van der Waals surface area contributed by atoms with Gasteiger partial charge >= 0.3 is 0 Å². The number of carbonyl (C=O) groups is 1. The van der Waals surface area contributed by atoms with Gasteiger partial charge in [-0.25, -0.2) is 5.01 Å². The highest BCUT2D eigenvalue weighted by Crippen LogP contribution is 2.45. The third-order valence-corrected chi connectivity index (χ3v) is 7.75. The molecule has 2 aliphatic rings. The Morgan fingerprint density at radius 2 is 1.61 bits per heavy atom. The Labute approximate surface area is 219 Å². The number of rotatable bonds is 3. The third kappa shape index (κ3) is 4.79. The van der Waals surface area contributed by atoms with Crippen molar-refractivity contribution >= 4 is 65.5 Å². The van der Waals surface area contributed by atoms with Gasteiger partial charge in [0.25, 0.3) is 5.91 Å². The SMILES string of the molecule is O=C(c1cccc(Br)c1)N1N=C2/C(=C/c3ccc(Br)cc3)CCC[C@H]2[C@@H]1c1ccc(Br)cc1. The fourth-order valence-electron chi connectivity index (χ4n) is 4.68. The normalized spacial score (nSPS) is 21.1. The lowest BCUT2D eigenvalue weighted by Gasteiger charge is -2.29. The number of hydrogen-bond acceptors (Lipinski definition) is 2. The molecule has 0 spiro atoms. The summed E-state index contributed by atoms with van der Waals surface area (Å²) in [5.41, 5.74) is 5.15. The Balaban J connectivity index is 1.58. The van der Waals surface area contributed by atoms with Crippen molar-refractivity contribution in [2.45, 2.75) is 25.3 Å². The van der Waals surface area contributed by atoms with Gasteiger partial charge in [0.05, 0.1) is 11.8 Å². The molecular formula is C27H21Br3N2O. The minimum Gasteiger partial charge on any atom is -0.267 e. The number of hydrogen-bond donors (Lipinski definition) is 0. The highest BCUT2D eigenvalue weighted by Gasteiger charge is 2.43. The molecule has 3 aromatic rings. The van der Waals surface area contributed by atoms with Gasteiger partial charge in [-0.05, 0) is 84.5 Å². The first kappa shape index (κ1) is 22.8. The Morgan fingerprint density at radius 1 is 0.909 bits per heavy atom. The first-order valence-electron chi connectivity index (χ1n) is 10.9. The maximum atomic E-state index is 13.7. The summed E-state index contributed by atoms with van der Waals surface area (Å²) in [6.45, 7) is 0. The summed E-state index contributed by atoms with van der Waals surface area (Å²) < 4.78 is 2.97. The Morgan fingerprint density at radius 3 is 2.30 bits per heavy atom. The molecule has 3 aromatic carbocycles. The van der Waals surface area contributed by atoms with Crippen LogP contribution in [0.1, 0.15) is 46.8 Å². The monoisotopic (exact) mass is 626 g/mol. The molecule has 0 aromatic heterocycles. The Bertz CT molecular complexity index is 1250. The van der Waals surface area contributed by atoms with Crippen LogP contribution in [-0.4, -0.2) is 16.6 Å². The second kappa shape index (κ2) is 9.69. The summed E-state index contributed by atoms with van der Waals surface area (Å²) in [5, 5.41) is 6.70. The Hall–Kier alpha value is -2.02. The minimum absolute atomic E-state index is 0.0749. The van der Waals surface area contributed by atoms with Gasteiger partial charge in [0.1, 0.15) is 0 Å². The third-order valence-electron chi connectivity index (χ3n) is 6.20. The maximum Gasteiger partial charge on any atom is 0.274 e. The lowest BCUT2D eigenvalue weighted by Crippen LogP contribution is -2.31. The van der Waals surface area contributed by atoms with Gasteiger partial charge in [-0.3, -0.25) is 4.79 Å². The zero-order chi connectivity index (χ0) is 22.9. The van der Waals surface area contributed by atoms with Crippen molar-refractivity contribution in [3.63, 3.8) is 0 Å². The molecule has 1 aliphatic carbocycles. The fourth-order valence-corrected chi connectivity index (χ4v) is 5.60. The molecule has 0 saturated heterocycles. The summed E-state index contributed by atoms with van der Waals surface area (Å²) in [4.78, 5) is 13.7. The number of fused-ring (bicyclic) bond motifs is 1. The summed E-state index contributed by atoms with van der Waals surface area (Å²) in [6, 6.07) is 24.0. The highest BCUT2D eigenvalue weighted by atomic mass is 79.9. The van der Waals surface area contributed by atoms with E-state index in [1.807, 2.05) is 36.4 Å². The molecule has 3 nitrogen and oxygen atoms in total. The Kier molecular flexibility index (Phi) is 6.68. The van der Waals surface area contributed by atoms with E-state index in [0.717, 1.165) is 49.5 Å². The van der Waals surface area contributed by atoms with E-state index in [-0.39, 0.29) is 17.9 Å². The number of benzene rings is 3. The van der Waals surface area contributed by atoms with Crippen LogP contribution in [0.15, 0.2) is 96.9 Å². The predicted octanol–water partition coefficient (Wildman–Crippen LogP) is 8.41. The highest BCUT2D eigenvalue weighted by molar-refractivity contribution is 9.11. The predicted molar refractivity (Wildman–Crippen MR) is 144 cm³/mol. The molecular weight excluding hydrogens is 608 g/mol. The molecule has 5 rings (SSSR count). The van der Waals surface area contributed by atoms with Crippen molar-refractivity contribution in [2.24, 2.45) is 11.0 Å². The number of nitrogens with zero attached hydrogens (tertiary/aromatic N) is 2. The molecule has 2 atom stereocenters. The van der Waals surface area contributed by atoms with E-state index < -0.39 is 0 Å². The van der Waals surface area contributed by atoms with Crippen molar-refractivity contribution < 1.29 is 4.79 Å². The molecule has 0 N–H and O–H groups in total. The minimum atomic E-state index is -0.117. The van der Waals surface area contributed by atoms with Crippen molar-refractivity contribution in [3.8, 4) is 0 Å². The van der Waals surface area contributed by atoms with E-state index in [9.17, 15) is 4.79 Å². The number of amides is 1. The van der Waals surface area contributed by atoms with Gasteiger partial charge in [0.2, 0.25) is 0 Å². The maximum absolute atomic E-state index is 13.7. The van der Waals surface area contributed by atoms with E-state index in [4.69, 9.17) is 5.10 Å². The molecule has 166 valence electrons. The van der Waals surface area contributed by atoms with Crippen molar-refractivity contribution in [2.75, 3.05) is 0 Å². The number of hydrazone groups is 1. The van der Waals surface area contributed by atoms with Gasteiger partial charge in [-0.15, -0.1) is 0 Å². The topological polar surface area (TPSA) is 32.7 Å². The van der Waals surface area contributed by atoms with Gasteiger partial charge in [-0.1, -0.05) is 78.1 Å². The van der Waals surface area contributed by atoms with Crippen LogP contribution in [0.4, 0.5) is 0 Å². The molecule has 6 heteroatoms. The van der Waals surface area contributed by atoms with Crippen LogP contribution in [0.5, 0.6) is 0 Å². The van der Waals surface area contributed by atoms with Crippen molar-refractivity contribution in [1.29, 1.82) is 0 Å². The summed E-state index contributed by atoms with van der Waals surface area (Å²) in [5.74, 6) is 0.104. The smallest absolute Gasteiger partial charge is 0.267 e. The van der Waals surface area contributed by atoms with E-state index in [0.29, 0.717) is 5.56 Å². The number of allylic oxidation sites excluding steroid dienone is 1. The quantitative estimate of drug-likeness (QED) is 0.287. The van der Waals surface area contributed by atoms with Crippen LogP contribution in [0, 0.1) is 5.92 Å². The number of carbonyl (C=O) groups excluding carboxylic acids is 1. The molecule has 1 fully saturated rings. The zero-order valence-corrected chi connectivity index (χ0v) is 22.5. The lowest BCUT2D eigenvalue weighted by molar-refractivity contribution is 0.0681.